The maximum atomic E-state index is 12.7. The van der Waals surface area contributed by atoms with E-state index in [0.717, 1.165) is 52.5 Å². The van der Waals surface area contributed by atoms with Crippen LogP contribution >= 0.6 is 23.1 Å². The van der Waals surface area contributed by atoms with Crippen LogP contribution in [0.4, 0.5) is 5.13 Å². The van der Waals surface area contributed by atoms with Crippen LogP contribution < -0.4 is 15.4 Å². The van der Waals surface area contributed by atoms with Crippen LogP contribution in [0, 0.1) is 0 Å². The summed E-state index contributed by atoms with van der Waals surface area (Å²) in [7, 11) is 1.64. The predicted molar refractivity (Wildman–Crippen MR) is 130 cm³/mol. The number of anilines is 1. The van der Waals surface area contributed by atoms with Gasteiger partial charge >= 0.3 is 0 Å². The first-order valence-corrected chi connectivity index (χ1v) is 12.3. The summed E-state index contributed by atoms with van der Waals surface area (Å²) < 4.78 is 11.3. The zero-order valence-electron chi connectivity index (χ0n) is 18.2. The first-order valence-electron chi connectivity index (χ1n) is 10.5. The van der Waals surface area contributed by atoms with E-state index in [0.29, 0.717) is 0 Å². The number of hydrogen-bond donors (Lipinski definition) is 2. The summed E-state index contributed by atoms with van der Waals surface area (Å²) in [6.45, 7) is 4.21. The number of rotatable bonds is 13. The minimum Gasteiger partial charge on any atom is -0.497 e. The second-order valence-electron chi connectivity index (χ2n) is 6.82. The van der Waals surface area contributed by atoms with Crippen LogP contribution in [0.2, 0.25) is 0 Å². The van der Waals surface area contributed by atoms with Crippen LogP contribution in [-0.2, 0) is 9.53 Å². The Morgan fingerprint density at radius 1 is 1.09 bits per heavy atom. The lowest BCUT2D eigenvalue weighted by molar-refractivity contribution is -0.119. The second-order valence-corrected chi connectivity index (χ2v) is 9.02. The molecule has 1 amide bonds. The molecule has 7 nitrogen and oxygen atoms in total. The van der Waals surface area contributed by atoms with Crippen LogP contribution in [0.15, 0.2) is 58.9 Å². The molecular formula is C23H28N4O3S2. The zero-order valence-corrected chi connectivity index (χ0v) is 19.9. The number of nitrogens with one attached hydrogen (secondary N) is 2. The molecule has 0 bridgehead atoms. The lowest BCUT2D eigenvalue weighted by Crippen LogP contribution is -2.30. The van der Waals surface area contributed by atoms with Gasteiger partial charge in [0.05, 0.1) is 18.9 Å². The Hall–Kier alpha value is -2.62. The molecule has 0 fully saturated rings. The van der Waals surface area contributed by atoms with Crippen molar-refractivity contribution in [2.75, 3.05) is 37.9 Å². The quantitative estimate of drug-likeness (QED) is 0.282. The van der Waals surface area contributed by atoms with Crippen LogP contribution in [-0.4, -0.2) is 48.7 Å². The SMILES string of the molecule is CCOCCCNc1nnc(SCC(=O)NC(c2ccccc2)c2ccc(OC)cc2)s1. The molecule has 0 saturated heterocycles. The van der Waals surface area contributed by atoms with Gasteiger partial charge in [0.2, 0.25) is 11.0 Å². The molecule has 2 N–H and O–H groups in total. The van der Waals surface area contributed by atoms with E-state index in [1.165, 1.54) is 23.1 Å². The molecular weight excluding hydrogens is 444 g/mol. The van der Waals surface area contributed by atoms with E-state index in [-0.39, 0.29) is 17.7 Å². The molecule has 0 aliphatic heterocycles. The largest absolute Gasteiger partial charge is 0.497 e. The van der Waals surface area contributed by atoms with Crippen molar-refractivity contribution in [3.8, 4) is 5.75 Å². The van der Waals surface area contributed by atoms with E-state index < -0.39 is 0 Å². The molecule has 1 heterocycles. The number of benzene rings is 2. The average molecular weight is 473 g/mol. The fourth-order valence-electron chi connectivity index (χ4n) is 2.98. The summed E-state index contributed by atoms with van der Waals surface area (Å²) in [5.74, 6) is 0.973. The van der Waals surface area contributed by atoms with Gasteiger partial charge in [-0.25, -0.2) is 0 Å². The Labute approximate surface area is 196 Å². The minimum absolute atomic E-state index is 0.0684. The van der Waals surface area contributed by atoms with Gasteiger partial charge in [0.25, 0.3) is 0 Å². The number of ether oxygens (including phenoxy) is 2. The normalized spacial score (nSPS) is 11.7. The van der Waals surface area contributed by atoms with E-state index in [1.54, 1.807) is 7.11 Å². The smallest absolute Gasteiger partial charge is 0.231 e. The van der Waals surface area contributed by atoms with Crippen molar-refractivity contribution in [3.63, 3.8) is 0 Å². The molecule has 0 aliphatic rings. The number of thioether (sulfide) groups is 1. The van der Waals surface area contributed by atoms with Crippen molar-refractivity contribution in [2.24, 2.45) is 0 Å². The summed E-state index contributed by atoms with van der Waals surface area (Å²) in [6.07, 6.45) is 0.907. The Morgan fingerprint density at radius 3 is 2.56 bits per heavy atom. The van der Waals surface area contributed by atoms with Gasteiger partial charge in [0.1, 0.15) is 5.75 Å². The highest BCUT2D eigenvalue weighted by Gasteiger charge is 2.17. The third kappa shape index (κ3) is 7.51. The molecule has 1 aromatic heterocycles. The van der Waals surface area contributed by atoms with Gasteiger partial charge in [0, 0.05) is 19.8 Å². The van der Waals surface area contributed by atoms with Gasteiger partial charge in [-0.2, -0.15) is 0 Å². The number of nitrogens with zero attached hydrogens (tertiary/aromatic N) is 2. The Morgan fingerprint density at radius 2 is 1.84 bits per heavy atom. The lowest BCUT2D eigenvalue weighted by atomic mass is 9.98. The van der Waals surface area contributed by atoms with Gasteiger partial charge in [-0.15, -0.1) is 10.2 Å². The second kappa shape index (κ2) is 13.0. The van der Waals surface area contributed by atoms with Crippen LogP contribution in [0.5, 0.6) is 5.75 Å². The van der Waals surface area contributed by atoms with E-state index in [2.05, 4.69) is 20.8 Å². The summed E-state index contributed by atoms with van der Waals surface area (Å²) in [5, 5.41) is 15.4. The first-order chi connectivity index (χ1) is 15.7. The number of amides is 1. The topological polar surface area (TPSA) is 85.4 Å². The molecule has 0 aliphatic carbocycles. The number of hydrogen-bond acceptors (Lipinski definition) is 8. The van der Waals surface area contributed by atoms with E-state index >= 15 is 0 Å². The van der Waals surface area contributed by atoms with Gasteiger partial charge in [-0.1, -0.05) is 65.6 Å². The van der Waals surface area contributed by atoms with Gasteiger partial charge < -0.3 is 20.1 Å². The molecule has 3 rings (SSSR count). The number of aromatic nitrogens is 2. The van der Waals surface area contributed by atoms with Gasteiger partial charge in [0.15, 0.2) is 4.34 Å². The molecule has 3 aromatic rings. The van der Waals surface area contributed by atoms with Crippen LogP contribution in [0.25, 0.3) is 0 Å². The summed E-state index contributed by atoms with van der Waals surface area (Å²) in [6, 6.07) is 17.4. The van der Waals surface area contributed by atoms with Gasteiger partial charge in [-0.05, 0) is 36.6 Å². The van der Waals surface area contributed by atoms with Crippen molar-refractivity contribution in [1.82, 2.24) is 15.5 Å². The van der Waals surface area contributed by atoms with Crippen molar-refractivity contribution in [1.29, 1.82) is 0 Å². The molecule has 2 aromatic carbocycles. The maximum absolute atomic E-state index is 12.7. The van der Waals surface area contributed by atoms with E-state index in [1.807, 2.05) is 61.5 Å². The maximum Gasteiger partial charge on any atom is 0.231 e. The third-order valence-electron chi connectivity index (χ3n) is 4.57. The standard InChI is InChI=1S/C23H28N4O3S2/c1-3-30-15-7-14-24-22-26-27-23(32-22)31-16-20(28)25-21(17-8-5-4-6-9-17)18-10-12-19(29-2)13-11-18/h4-6,8-13,21H,3,7,14-16H2,1-2H3,(H,24,26)(H,25,28). The monoisotopic (exact) mass is 472 g/mol. The number of carbonyl (C=O) groups excluding carboxylic acids is 1. The summed E-state index contributed by atoms with van der Waals surface area (Å²) in [5.41, 5.74) is 2.01. The summed E-state index contributed by atoms with van der Waals surface area (Å²) >= 11 is 2.83. The van der Waals surface area contributed by atoms with E-state index in [9.17, 15) is 4.79 Å². The van der Waals surface area contributed by atoms with Crippen molar-refractivity contribution >= 4 is 34.1 Å². The number of carbonyl (C=O) groups is 1. The highest BCUT2D eigenvalue weighted by atomic mass is 32.2. The first kappa shape index (κ1) is 24.0. The fraction of sp³-hybridized carbons (Fsp3) is 0.348. The zero-order chi connectivity index (χ0) is 22.6. The summed E-state index contributed by atoms with van der Waals surface area (Å²) in [4.78, 5) is 12.7. The van der Waals surface area contributed by atoms with Crippen LogP contribution in [0.1, 0.15) is 30.5 Å². The molecule has 0 spiro atoms. The highest BCUT2D eigenvalue weighted by Crippen LogP contribution is 2.27. The molecule has 32 heavy (non-hydrogen) atoms. The molecule has 1 unspecified atom stereocenters. The van der Waals surface area contributed by atoms with Gasteiger partial charge in [-0.3, -0.25) is 4.79 Å². The fourth-order valence-corrected chi connectivity index (χ4v) is 4.57. The average Bonchev–Trinajstić information content (AvgIpc) is 3.29. The third-order valence-corrected chi connectivity index (χ3v) is 6.58. The van der Waals surface area contributed by atoms with Crippen molar-refractivity contribution < 1.29 is 14.3 Å². The Balaban J connectivity index is 1.55. The minimum atomic E-state index is -0.243. The van der Waals surface area contributed by atoms with Crippen molar-refractivity contribution in [3.05, 3.63) is 65.7 Å². The predicted octanol–water partition coefficient (Wildman–Crippen LogP) is 4.38. The lowest BCUT2D eigenvalue weighted by Gasteiger charge is -2.20. The Kier molecular flexibility index (Phi) is 9.80. The van der Waals surface area contributed by atoms with Crippen LogP contribution in [0.3, 0.4) is 0 Å². The molecule has 0 radical (unpaired) electrons. The number of methoxy groups -OCH3 is 1. The highest BCUT2D eigenvalue weighted by molar-refractivity contribution is 8.01. The van der Waals surface area contributed by atoms with E-state index in [4.69, 9.17) is 9.47 Å². The van der Waals surface area contributed by atoms with Crippen molar-refractivity contribution in [2.45, 2.75) is 23.7 Å². The Bertz CT molecular complexity index is 951. The molecule has 0 saturated carbocycles. The molecule has 170 valence electrons. The molecule has 1 atom stereocenters. The molecule has 9 heteroatoms.